The number of carbonyl (C=O) groups is 1. The lowest BCUT2D eigenvalue weighted by Crippen LogP contribution is -2.52. The van der Waals surface area contributed by atoms with Gasteiger partial charge in [-0.25, -0.2) is 0 Å². The van der Waals surface area contributed by atoms with Crippen molar-refractivity contribution in [1.29, 1.82) is 0 Å². The summed E-state index contributed by atoms with van der Waals surface area (Å²) >= 11 is 0. The molecule has 0 aliphatic carbocycles. The molecule has 1 amide bonds. The van der Waals surface area contributed by atoms with Gasteiger partial charge in [0.2, 0.25) is 5.91 Å². The summed E-state index contributed by atoms with van der Waals surface area (Å²) in [5, 5.41) is 3.45. The van der Waals surface area contributed by atoms with Crippen molar-refractivity contribution in [3.8, 4) is 0 Å². The highest BCUT2D eigenvalue weighted by Gasteiger charge is 2.49. The van der Waals surface area contributed by atoms with Crippen molar-refractivity contribution in [2.45, 2.75) is 69.5 Å². The molecular formula is C26H34N4O. The fraction of sp³-hybridized carbons (Fsp3) is 0.538. The summed E-state index contributed by atoms with van der Waals surface area (Å²) in [4.78, 5) is 22.2. The largest absolute Gasteiger partial charge is 0.372 e. The van der Waals surface area contributed by atoms with E-state index in [0.717, 1.165) is 51.0 Å². The number of hydrogen-bond acceptors (Lipinski definition) is 4. The summed E-state index contributed by atoms with van der Waals surface area (Å²) in [5.74, 6) is 0.437. The Morgan fingerprint density at radius 1 is 1.19 bits per heavy atom. The maximum Gasteiger partial charge on any atom is 0.220 e. The van der Waals surface area contributed by atoms with Crippen LogP contribution in [0.4, 0.5) is 5.69 Å². The maximum atomic E-state index is 12.5. The number of likely N-dealkylation sites (tertiary alicyclic amines) is 1. The Labute approximate surface area is 185 Å². The van der Waals surface area contributed by atoms with Gasteiger partial charge in [-0.15, -0.1) is 0 Å². The number of aromatic nitrogens is 1. The Kier molecular flexibility index (Phi) is 5.47. The minimum atomic E-state index is -0.203. The number of nitrogens with one attached hydrogen (secondary N) is 1. The molecule has 0 radical (unpaired) electrons. The summed E-state index contributed by atoms with van der Waals surface area (Å²) in [5.41, 5.74) is 5.12. The highest BCUT2D eigenvalue weighted by Crippen LogP contribution is 2.41. The Morgan fingerprint density at radius 3 is 2.94 bits per heavy atom. The number of carbonyl (C=O) groups excluding carboxylic acids is 1. The van der Waals surface area contributed by atoms with E-state index < -0.39 is 0 Å². The van der Waals surface area contributed by atoms with Gasteiger partial charge in [0, 0.05) is 62.6 Å². The van der Waals surface area contributed by atoms with E-state index in [1.54, 1.807) is 0 Å². The summed E-state index contributed by atoms with van der Waals surface area (Å²) < 4.78 is 0. The second kappa shape index (κ2) is 8.27. The molecule has 2 saturated heterocycles. The van der Waals surface area contributed by atoms with Crippen LogP contribution in [0.2, 0.25) is 0 Å². The quantitative estimate of drug-likeness (QED) is 0.822. The lowest BCUT2D eigenvalue weighted by atomic mass is 9.81. The molecule has 1 aromatic carbocycles. The van der Waals surface area contributed by atoms with Crippen LogP contribution < -0.4 is 10.2 Å². The van der Waals surface area contributed by atoms with Gasteiger partial charge in [-0.3, -0.25) is 14.7 Å². The molecule has 31 heavy (non-hydrogen) atoms. The van der Waals surface area contributed by atoms with E-state index in [0.29, 0.717) is 12.5 Å². The van der Waals surface area contributed by atoms with Crippen molar-refractivity contribution in [3.05, 3.63) is 59.4 Å². The van der Waals surface area contributed by atoms with Crippen LogP contribution in [0.15, 0.2) is 42.6 Å². The van der Waals surface area contributed by atoms with Gasteiger partial charge in [0.25, 0.3) is 0 Å². The molecule has 1 spiro atoms. The van der Waals surface area contributed by atoms with Crippen molar-refractivity contribution < 1.29 is 4.79 Å². The highest BCUT2D eigenvalue weighted by molar-refractivity contribution is 5.77. The van der Waals surface area contributed by atoms with E-state index in [1.807, 2.05) is 12.3 Å². The minimum Gasteiger partial charge on any atom is -0.372 e. The zero-order valence-corrected chi connectivity index (χ0v) is 18.8. The van der Waals surface area contributed by atoms with E-state index in [1.165, 1.54) is 23.2 Å². The van der Waals surface area contributed by atoms with Crippen LogP contribution in [0.25, 0.3) is 0 Å². The third-order valence-corrected chi connectivity index (χ3v) is 7.75. The monoisotopic (exact) mass is 418 g/mol. The van der Waals surface area contributed by atoms with Crippen LogP contribution in [-0.2, 0) is 17.8 Å². The van der Waals surface area contributed by atoms with Gasteiger partial charge >= 0.3 is 0 Å². The Bertz CT molecular complexity index is 946. The van der Waals surface area contributed by atoms with Crippen molar-refractivity contribution in [1.82, 2.24) is 15.2 Å². The fourth-order valence-corrected chi connectivity index (χ4v) is 5.93. The number of aryl methyl sites for hydroxylation is 1. The topological polar surface area (TPSA) is 48.5 Å². The molecular weight excluding hydrogens is 384 g/mol. The number of hydrogen-bond donors (Lipinski definition) is 1. The zero-order valence-electron chi connectivity index (χ0n) is 18.8. The molecule has 3 aliphatic rings. The van der Waals surface area contributed by atoms with Gasteiger partial charge < -0.3 is 10.2 Å². The molecule has 0 bridgehead atoms. The van der Waals surface area contributed by atoms with E-state index >= 15 is 0 Å². The number of anilines is 1. The smallest absolute Gasteiger partial charge is 0.220 e. The Hall–Kier alpha value is -2.40. The second-order valence-electron chi connectivity index (χ2n) is 9.85. The minimum absolute atomic E-state index is 0.200. The van der Waals surface area contributed by atoms with Crippen LogP contribution in [0.1, 0.15) is 61.8 Å². The Balaban J connectivity index is 1.40. The van der Waals surface area contributed by atoms with E-state index in [-0.39, 0.29) is 17.4 Å². The second-order valence-corrected chi connectivity index (χ2v) is 9.85. The van der Waals surface area contributed by atoms with Crippen LogP contribution >= 0.6 is 0 Å². The first-order valence-corrected chi connectivity index (χ1v) is 11.8. The van der Waals surface area contributed by atoms with E-state index in [2.05, 4.69) is 59.4 Å². The van der Waals surface area contributed by atoms with E-state index in [4.69, 9.17) is 4.98 Å². The third-order valence-electron chi connectivity index (χ3n) is 7.75. The number of rotatable bonds is 3. The molecule has 5 nitrogen and oxygen atoms in total. The molecule has 5 heteroatoms. The Morgan fingerprint density at radius 2 is 2.10 bits per heavy atom. The number of nitrogens with zero attached hydrogens (tertiary/aromatic N) is 3. The summed E-state index contributed by atoms with van der Waals surface area (Å²) in [6.07, 6.45) is 8.01. The lowest BCUT2D eigenvalue weighted by Gasteiger charge is -2.35. The number of benzene rings is 1. The molecule has 3 atom stereocenters. The zero-order chi connectivity index (χ0) is 21.4. The number of pyridine rings is 1. The normalized spacial score (nSPS) is 29.0. The summed E-state index contributed by atoms with van der Waals surface area (Å²) in [6.45, 7) is 5.06. The standard InChI is InChI=1S/C26H34N4O/c1-19-9-11-21-15-20(10-12-24(21)29(19)2)16-30-17-22(23-7-4-6-14-27-23)26(18-30)13-5-3-8-25(31)28-26/h4,6-7,10,12,14-15,19,22H,3,5,8-9,11,13,16-18H2,1-2H3,(H,28,31)/t19?,22-,26+/m0/s1. The molecule has 2 fully saturated rings. The predicted octanol–water partition coefficient (Wildman–Crippen LogP) is 3.88. The first-order chi connectivity index (χ1) is 15.0. The first-order valence-electron chi connectivity index (χ1n) is 11.8. The third kappa shape index (κ3) is 3.96. The molecule has 1 unspecified atom stereocenters. The fourth-order valence-electron chi connectivity index (χ4n) is 5.93. The van der Waals surface area contributed by atoms with Crippen LogP contribution in [0.5, 0.6) is 0 Å². The maximum absolute atomic E-state index is 12.5. The van der Waals surface area contributed by atoms with E-state index in [9.17, 15) is 4.79 Å². The number of fused-ring (bicyclic) bond motifs is 1. The molecule has 0 saturated carbocycles. The van der Waals surface area contributed by atoms with Crippen molar-refractivity contribution in [3.63, 3.8) is 0 Å². The molecule has 164 valence electrons. The predicted molar refractivity (Wildman–Crippen MR) is 124 cm³/mol. The van der Waals surface area contributed by atoms with Crippen LogP contribution in [0, 0.1) is 0 Å². The van der Waals surface area contributed by atoms with Gasteiger partial charge in [-0.2, -0.15) is 0 Å². The van der Waals surface area contributed by atoms with Gasteiger partial charge in [0.05, 0.1) is 5.54 Å². The van der Waals surface area contributed by atoms with Crippen molar-refractivity contribution in [2.24, 2.45) is 0 Å². The van der Waals surface area contributed by atoms with Crippen molar-refractivity contribution in [2.75, 3.05) is 25.0 Å². The molecule has 3 aliphatic heterocycles. The van der Waals surface area contributed by atoms with Crippen LogP contribution in [-0.4, -0.2) is 47.5 Å². The van der Waals surface area contributed by atoms with Gasteiger partial charge in [0.15, 0.2) is 0 Å². The van der Waals surface area contributed by atoms with Crippen LogP contribution in [0.3, 0.4) is 0 Å². The summed E-state index contributed by atoms with van der Waals surface area (Å²) in [6, 6.07) is 13.8. The van der Waals surface area contributed by atoms with Gasteiger partial charge in [0.1, 0.15) is 0 Å². The molecule has 2 aromatic rings. The van der Waals surface area contributed by atoms with Gasteiger partial charge in [-0.1, -0.05) is 24.6 Å². The SMILES string of the molecule is CC1CCc2cc(CN3C[C@@H](c4ccccn4)[C@@]4(CCCCC(=O)N4)C3)ccc2N1C. The molecule has 1 aromatic heterocycles. The average Bonchev–Trinajstić information content (AvgIpc) is 3.00. The average molecular weight is 419 g/mol. The lowest BCUT2D eigenvalue weighted by molar-refractivity contribution is -0.122. The van der Waals surface area contributed by atoms with Crippen molar-refractivity contribution >= 4 is 11.6 Å². The van der Waals surface area contributed by atoms with Gasteiger partial charge in [-0.05, 0) is 61.9 Å². The first kappa shape index (κ1) is 20.5. The molecule has 4 heterocycles. The highest BCUT2D eigenvalue weighted by atomic mass is 16.1. The molecule has 1 N–H and O–H groups in total. The molecule has 5 rings (SSSR count). The number of amides is 1. The summed E-state index contributed by atoms with van der Waals surface area (Å²) in [7, 11) is 2.21.